The van der Waals surface area contributed by atoms with Gasteiger partial charge in [0.05, 0.1) is 0 Å². The van der Waals surface area contributed by atoms with E-state index in [1.54, 1.807) is 6.07 Å². The predicted molar refractivity (Wildman–Crippen MR) is 85.6 cm³/mol. The van der Waals surface area contributed by atoms with E-state index in [0.29, 0.717) is 0 Å². The summed E-state index contributed by atoms with van der Waals surface area (Å²) in [6.45, 7) is 4.06. The van der Waals surface area contributed by atoms with Gasteiger partial charge in [-0.15, -0.1) is 0 Å². The summed E-state index contributed by atoms with van der Waals surface area (Å²) < 4.78 is 13.3. The molecule has 0 aliphatic carbocycles. The first kappa shape index (κ1) is 14.4. The van der Waals surface area contributed by atoms with Crippen LogP contribution in [0.3, 0.4) is 0 Å². The summed E-state index contributed by atoms with van der Waals surface area (Å²) in [5.41, 5.74) is 0. The van der Waals surface area contributed by atoms with Crippen LogP contribution in [0.1, 0.15) is 25.7 Å². The molecular weight excluding hydrogens is 279 g/mol. The number of hydrogen-bond donors (Lipinski definition) is 0. The Balaban J connectivity index is 1.36. The molecule has 0 N–H and O–H groups in total. The first-order chi connectivity index (χ1) is 10.7. The number of nitrogens with zero attached hydrogens (tertiary/aromatic N) is 4. The van der Waals surface area contributed by atoms with Crippen molar-refractivity contribution in [2.45, 2.75) is 43.8 Å². The number of hydrogen-bond acceptors (Lipinski definition) is 4. The highest BCUT2D eigenvalue weighted by Crippen LogP contribution is 2.36. The van der Waals surface area contributed by atoms with E-state index < -0.39 is 0 Å². The van der Waals surface area contributed by atoms with Crippen LogP contribution in [0.2, 0.25) is 0 Å². The van der Waals surface area contributed by atoms with Crippen molar-refractivity contribution < 1.29 is 4.39 Å². The van der Waals surface area contributed by atoms with Gasteiger partial charge >= 0.3 is 0 Å². The average Bonchev–Trinajstić information content (AvgIpc) is 2.76. The number of halogens is 1. The third kappa shape index (κ3) is 2.61. The number of aromatic nitrogens is 1. The zero-order valence-electron chi connectivity index (χ0n) is 13.3. The largest absolute Gasteiger partial charge is 0.354 e. The van der Waals surface area contributed by atoms with Crippen LogP contribution in [-0.4, -0.2) is 66.1 Å². The van der Waals surface area contributed by atoms with Gasteiger partial charge < -0.3 is 9.80 Å². The molecule has 120 valence electrons. The van der Waals surface area contributed by atoms with Gasteiger partial charge in [0.1, 0.15) is 5.82 Å². The van der Waals surface area contributed by atoms with E-state index in [4.69, 9.17) is 0 Å². The van der Waals surface area contributed by atoms with Gasteiger partial charge in [0.25, 0.3) is 0 Å². The second-order valence-electron chi connectivity index (χ2n) is 7.02. The molecule has 4 heterocycles. The van der Waals surface area contributed by atoms with E-state index >= 15 is 0 Å². The molecule has 0 saturated carbocycles. The fraction of sp³-hybridized carbons (Fsp3) is 0.706. The Labute approximate surface area is 131 Å². The maximum atomic E-state index is 13.3. The Morgan fingerprint density at radius 2 is 1.68 bits per heavy atom. The summed E-state index contributed by atoms with van der Waals surface area (Å²) >= 11 is 0. The Morgan fingerprint density at radius 3 is 2.32 bits per heavy atom. The highest BCUT2D eigenvalue weighted by Gasteiger charge is 2.40. The molecule has 0 amide bonds. The molecule has 2 atom stereocenters. The third-order valence-corrected chi connectivity index (χ3v) is 5.93. The van der Waals surface area contributed by atoms with E-state index in [0.717, 1.165) is 50.1 Å². The van der Waals surface area contributed by atoms with Crippen LogP contribution in [0.25, 0.3) is 0 Å². The topological polar surface area (TPSA) is 22.6 Å². The standard InChI is InChI=1S/C17H25FN4/c1-20-13-5-6-14(20)12-15(11-13)21-7-9-22(10-8-21)17-4-2-3-16(18)19-17/h2-4,13-15H,5-12H2,1H3/t13-,14-/m0/s1. The smallest absolute Gasteiger partial charge is 0.214 e. The zero-order chi connectivity index (χ0) is 15.1. The Morgan fingerprint density at radius 1 is 1.00 bits per heavy atom. The molecule has 1 aromatic rings. The second kappa shape index (κ2) is 5.78. The number of piperidine rings is 1. The molecule has 4 rings (SSSR count). The van der Waals surface area contributed by atoms with Crippen molar-refractivity contribution in [2.24, 2.45) is 0 Å². The number of pyridine rings is 1. The molecule has 1 aromatic heterocycles. The summed E-state index contributed by atoms with van der Waals surface area (Å²) in [5, 5.41) is 0. The van der Waals surface area contributed by atoms with Crippen molar-refractivity contribution in [3.05, 3.63) is 24.1 Å². The van der Waals surface area contributed by atoms with Gasteiger partial charge in [0.15, 0.2) is 0 Å². The average molecular weight is 304 g/mol. The predicted octanol–water partition coefficient (Wildman–Crippen LogP) is 1.97. The normalized spacial score (nSPS) is 33.4. The van der Waals surface area contributed by atoms with Crippen molar-refractivity contribution in [1.82, 2.24) is 14.8 Å². The van der Waals surface area contributed by atoms with Gasteiger partial charge in [-0.25, -0.2) is 4.98 Å². The first-order valence-electron chi connectivity index (χ1n) is 8.54. The Bertz CT molecular complexity index is 515. The molecule has 5 heteroatoms. The van der Waals surface area contributed by atoms with Gasteiger partial charge in [-0.1, -0.05) is 6.07 Å². The lowest BCUT2D eigenvalue weighted by molar-refractivity contribution is 0.0718. The summed E-state index contributed by atoms with van der Waals surface area (Å²) in [7, 11) is 2.30. The van der Waals surface area contributed by atoms with Crippen LogP contribution in [-0.2, 0) is 0 Å². The molecule has 4 nitrogen and oxygen atoms in total. The molecule has 3 fully saturated rings. The van der Waals surface area contributed by atoms with Crippen LogP contribution >= 0.6 is 0 Å². The van der Waals surface area contributed by atoms with E-state index in [9.17, 15) is 4.39 Å². The molecule has 3 aliphatic heterocycles. The first-order valence-corrected chi connectivity index (χ1v) is 8.54. The SMILES string of the molecule is CN1[C@H]2CC[C@H]1CC(N1CCN(c3cccc(F)n3)CC1)C2. The van der Waals surface area contributed by atoms with Gasteiger partial charge in [-0.05, 0) is 44.9 Å². The molecule has 0 aromatic carbocycles. The van der Waals surface area contributed by atoms with Crippen LogP contribution in [0, 0.1) is 5.95 Å². The maximum absolute atomic E-state index is 13.3. The highest BCUT2D eigenvalue weighted by molar-refractivity contribution is 5.38. The zero-order valence-corrected chi connectivity index (χ0v) is 13.3. The lowest BCUT2D eigenvalue weighted by atomic mass is 9.96. The van der Waals surface area contributed by atoms with E-state index in [2.05, 4.69) is 26.7 Å². The van der Waals surface area contributed by atoms with Crippen molar-refractivity contribution >= 4 is 5.82 Å². The van der Waals surface area contributed by atoms with E-state index in [-0.39, 0.29) is 5.95 Å². The fourth-order valence-corrected chi connectivity index (χ4v) is 4.57. The third-order valence-electron chi connectivity index (χ3n) is 5.93. The molecule has 0 unspecified atom stereocenters. The number of piperazine rings is 1. The molecule has 0 spiro atoms. The van der Waals surface area contributed by atoms with Gasteiger partial charge in [0.2, 0.25) is 5.95 Å². The Kier molecular flexibility index (Phi) is 3.78. The fourth-order valence-electron chi connectivity index (χ4n) is 4.57. The van der Waals surface area contributed by atoms with Crippen LogP contribution in [0.15, 0.2) is 18.2 Å². The summed E-state index contributed by atoms with van der Waals surface area (Å²) in [6, 6.07) is 7.41. The van der Waals surface area contributed by atoms with E-state index in [1.807, 2.05) is 6.07 Å². The molecule has 3 aliphatic rings. The minimum atomic E-state index is -0.383. The van der Waals surface area contributed by atoms with Crippen LogP contribution in [0.5, 0.6) is 0 Å². The highest BCUT2D eigenvalue weighted by atomic mass is 19.1. The Hall–Kier alpha value is -1.20. The quantitative estimate of drug-likeness (QED) is 0.779. The monoisotopic (exact) mass is 304 g/mol. The number of anilines is 1. The minimum absolute atomic E-state index is 0.383. The number of fused-ring (bicyclic) bond motifs is 2. The van der Waals surface area contributed by atoms with Crippen LogP contribution in [0.4, 0.5) is 10.2 Å². The molecule has 3 saturated heterocycles. The summed E-state index contributed by atoms with van der Waals surface area (Å²) in [4.78, 5) is 11.5. The molecular formula is C17H25FN4. The summed E-state index contributed by atoms with van der Waals surface area (Å²) in [5.74, 6) is 0.398. The lowest BCUT2D eigenvalue weighted by Gasteiger charge is -2.45. The summed E-state index contributed by atoms with van der Waals surface area (Å²) in [6.07, 6.45) is 5.41. The van der Waals surface area contributed by atoms with Gasteiger partial charge in [0, 0.05) is 44.3 Å². The van der Waals surface area contributed by atoms with Gasteiger partial charge in [-0.2, -0.15) is 4.39 Å². The van der Waals surface area contributed by atoms with Crippen LogP contribution < -0.4 is 4.90 Å². The second-order valence-corrected chi connectivity index (χ2v) is 7.02. The maximum Gasteiger partial charge on any atom is 0.214 e. The minimum Gasteiger partial charge on any atom is -0.354 e. The lowest BCUT2D eigenvalue weighted by Crippen LogP contribution is -2.55. The molecule has 22 heavy (non-hydrogen) atoms. The van der Waals surface area contributed by atoms with Crippen molar-refractivity contribution in [3.8, 4) is 0 Å². The molecule has 2 bridgehead atoms. The van der Waals surface area contributed by atoms with Gasteiger partial charge in [-0.3, -0.25) is 4.90 Å². The number of rotatable bonds is 2. The van der Waals surface area contributed by atoms with E-state index in [1.165, 1.54) is 31.7 Å². The van der Waals surface area contributed by atoms with Crippen molar-refractivity contribution in [3.63, 3.8) is 0 Å². The van der Waals surface area contributed by atoms with Crippen molar-refractivity contribution in [1.29, 1.82) is 0 Å². The van der Waals surface area contributed by atoms with Crippen molar-refractivity contribution in [2.75, 3.05) is 38.1 Å². The molecule has 0 radical (unpaired) electrons.